The van der Waals surface area contributed by atoms with Gasteiger partial charge in [0.15, 0.2) is 5.96 Å². The van der Waals surface area contributed by atoms with Gasteiger partial charge in [0.2, 0.25) is 5.91 Å². The quantitative estimate of drug-likeness (QED) is 0.569. The van der Waals surface area contributed by atoms with E-state index in [1.165, 1.54) is 5.56 Å². The molecule has 1 unspecified atom stereocenters. The number of amides is 1. The minimum Gasteiger partial charge on any atom is -0.357 e. The van der Waals surface area contributed by atoms with Crippen LogP contribution >= 0.6 is 11.3 Å². The van der Waals surface area contributed by atoms with Gasteiger partial charge in [-0.1, -0.05) is 6.92 Å². The normalized spacial score (nSPS) is 17.4. The van der Waals surface area contributed by atoms with Crippen molar-refractivity contribution in [3.8, 4) is 0 Å². The molecule has 2 rings (SSSR count). The van der Waals surface area contributed by atoms with E-state index in [9.17, 15) is 4.79 Å². The topological polar surface area (TPSA) is 60.0 Å². The van der Waals surface area contributed by atoms with Crippen molar-refractivity contribution in [1.82, 2.24) is 20.4 Å². The van der Waals surface area contributed by atoms with Gasteiger partial charge < -0.3 is 15.5 Å². The molecular weight excluding hydrogens is 334 g/mol. The summed E-state index contributed by atoms with van der Waals surface area (Å²) < 4.78 is 0. The number of carbonyl (C=O) groups is 1. The molecule has 1 aliphatic heterocycles. The third kappa shape index (κ3) is 6.66. The average molecular weight is 366 g/mol. The molecule has 2 N–H and O–H groups in total. The highest BCUT2D eigenvalue weighted by molar-refractivity contribution is 7.07. The van der Waals surface area contributed by atoms with Crippen LogP contribution in [0.25, 0.3) is 0 Å². The van der Waals surface area contributed by atoms with E-state index in [0.29, 0.717) is 5.92 Å². The molecule has 0 saturated carbocycles. The van der Waals surface area contributed by atoms with E-state index >= 15 is 0 Å². The lowest BCUT2D eigenvalue weighted by molar-refractivity contribution is -0.130. The Morgan fingerprint density at radius 2 is 2.08 bits per heavy atom. The van der Waals surface area contributed by atoms with Gasteiger partial charge in [0, 0.05) is 65.2 Å². The predicted octanol–water partition coefficient (Wildman–Crippen LogP) is 1.57. The molecule has 2 heterocycles. The molecule has 0 aromatic carbocycles. The lowest BCUT2D eigenvalue weighted by atomic mass is 10.1. The SMILES string of the molecule is CCNC(=NCC(C)c1ccsc1)NCCN1CCN(C(C)=O)CC1. The molecule has 1 amide bonds. The maximum absolute atomic E-state index is 11.4. The first-order valence-corrected chi connectivity index (χ1v) is 10.1. The molecule has 1 aliphatic rings. The van der Waals surface area contributed by atoms with Gasteiger partial charge in [0.25, 0.3) is 0 Å². The molecule has 6 nitrogen and oxygen atoms in total. The lowest BCUT2D eigenvalue weighted by Gasteiger charge is -2.34. The molecule has 1 saturated heterocycles. The molecule has 1 atom stereocenters. The third-order valence-electron chi connectivity index (χ3n) is 4.52. The van der Waals surface area contributed by atoms with Gasteiger partial charge >= 0.3 is 0 Å². The highest BCUT2D eigenvalue weighted by Gasteiger charge is 2.17. The van der Waals surface area contributed by atoms with Crippen LogP contribution in [0.2, 0.25) is 0 Å². The van der Waals surface area contributed by atoms with Crippen LogP contribution in [-0.2, 0) is 4.79 Å². The number of hydrogen-bond acceptors (Lipinski definition) is 4. The Hall–Kier alpha value is -1.60. The number of nitrogens with zero attached hydrogens (tertiary/aromatic N) is 3. The third-order valence-corrected chi connectivity index (χ3v) is 5.22. The molecule has 7 heteroatoms. The number of hydrogen-bond donors (Lipinski definition) is 2. The number of piperazine rings is 1. The van der Waals surface area contributed by atoms with Gasteiger partial charge in [0.05, 0.1) is 0 Å². The molecular formula is C18H31N5OS. The lowest BCUT2D eigenvalue weighted by Crippen LogP contribution is -2.50. The van der Waals surface area contributed by atoms with Crippen LogP contribution in [0, 0.1) is 0 Å². The number of nitrogens with one attached hydrogen (secondary N) is 2. The van der Waals surface area contributed by atoms with Gasteiger partial charge in [-0.05, 0) is 29.3 Å². The zero-order valence-corrected chi connectivity index (χ0v) is 16.4. The van der Waals surface area contributed by atoms with Crippen LogP contribution in [0.15, 0.2) is 21.8 Å². The van der Waals surface area contributed by atoms with E-state index in [0.717, 1.165) is 58.3 Å². The molecule has 0 aliphatic carbocycles. The van der Waals surface area contributed by atoms with E-state index in [2.05, 4.69) is 46.2 Å². The second kappa shape index (κ2) is 10.4. The van der Waals surface area contributed by atoms with Crippen molar-refractivity contribution in [3.05, 3.63) is 22.4 Å². The highest BCUT2D eigenvalue weighted by Crippen LogP contribution is 2.18. The van der Waals surface area contributed by atoms with Gasteiger partial charge in [-0.3, -0.25) is 14.7 Å². The first-order valence-electron chi connectivity index (χ1n) is 9.12. The fourth-order valence-electron chi connectivity index (χ4n) is 2.85. The maximum atomic E-state index is 11.4. The largest absolute Gasteiger partial charge is 0.357 e. The van der Waals surface area contributed by atoms with Gasteiger partial charge in [-0.2, -0.15) is 11.3 Å². The van der Waals surface area contributed by atoms with Gasteiger partial charge in [0.1, 0.15) is 0 Å². The number of guanidine groups is 1. The van der Waals surface area contributed by atoms with Crippen LogP contribution in [0.3, 0.4) is 0 Å². The fraction of sp³-hybridized carbons (Fsp3) is 0.667. The summed E-state index contributed by atoms with van der Waals surface area (Å²) in [7, 11) is 0. The number of aliphatic imine (C=N–C) groups is 1. The highest BCUT2D eigenvalue weighted by atomic mass is 32.1. The smallest absolute Gasteiger partial charge is 0.219 e. The van der Waals surface area contributed by atoms with Crippen LogP contribution in [0.4, 0.5) is 0 Å². The summed E-state index contributed by atoms with van der Waals surface area (Å²) in [6, 6.07) is 2.17. The summed E-state index contributed by atoms with van der Waals surface area (Å²) in [5.74, 6) is 1.49. The Morgan fingerprint density at radius 3 is 2.68 bits per heavy atom. The molecule has 25 heavy (non-hydrogen) atoms. The average Bonchev–Trinajstić information content (AvgIpc) is 3.14. The summed E-state index contributed by atoms with van der Waals surface area (Å²) in [6.45, 7) is 13.0. The van der Waals surface area contributed by atoms with Crippen molar-refractivity contribution in [2.45, 2.75) is 26.7 Å². The van der Waals surface area contributed by atoms with Crippen molar-refractivity contribution >= 4 is 23.2 Å². The second-order valence-corrected chi connectivity index (χ2v) is 7.23. The second-order valence-electron chi connectivity index (χ2n) is 6.45. The van der Waals surface area contributed by atoms with Crippen molar-refractivity contribution in [2.75, 3.05) is 52.4 Å². The molecule has 0 radical (unpaired) electrons. The Kier molecular flexibility index (Phi) is 8.21. The standard InChI is InChI=1S/C18H31N5OS/c1-4-19-18(21-13-15(2)17-5-12-25-14-17)20-6-7-22-8-10-23(11-9-22)16(3)24/h5,12,14-15H,4,6-11,13H2,1-3H3,(H2,19,20,21). The van der Waals surface area contributed by atoms with Gasteiger partial charge in [-0.15, -0.1) is 0 Å². The van der Waals surface area contributed by atoms with Crippen LogP contribution in [0.1, 0.15) is 32.3 Å². The molecule has 1 fully saturated rings. The van der Waals surface area contributed by atoms with Crippen LogP contribution in [-0.4, -0.2) is 74.0 Å². The molecule has 140 valence electrons. The maximum Gasteiger partial charge on any atom is 0.219 e. The summed E-state index contributed by atoms with van der Waals surface area (Å²) in [6.07, 6.45) is 0. The number of carbonyl (C=O) groups excluding carboxylic acids is 1. The first kappa shape index (κ1) is 19.7. The monoisotopic (exact) mass is 365 g/mol. The Labute approximate surface area is 155 Å². The summed E-state index contributed by atoms with van der Waals surface area (Å²) in [4.78, 5) is 20.4. The van der Waals surface area contributed by atoms with Crippen molar-refractivity contribution in [2.24, 2.45) is 4.99 Å². The van der Waals surface area contributed by atoms with E-state index in [1.54, 1.807) is 18.3 Å². The summed E-state index contributed by atoms with van der Waals surface area (Å²) in [5.41, 5.74) is 1.35. The van der Waals surface area contributed by atoms with E-state index in [1.807, 2.05) is 4.90 Å². The van der Waals surface area contributed by atoms with E-state index in [4.69, 9.17) is 4.99 Å². The number of rotatable bonds is 7. The molecule has 0 spiro atoms. The molecule has 1 aromatic rings. The first-order chi connectivity index (χ1) is 12.1. The zero-order chi connectivity index (χ0) is 18.1. The van der Waals surface area contributed by atoms with Crippen molar-refractivity contribution in [3.63, 3.8) is 0 Å². The Bertz CT molecular complexity index is 538. The zero-order valence-electron chi connectivity index (χ0n) is 15.6. The molecule has 0 bridgehead atoms. The minimum atomic E-state index is 0.180. The Morgan fingerprint density at radius 1 is 1.32 bits per heavy atom. The predicted molar refractivity (Wildman–Crippen MR) is 105 cm³/mol. The minimum absolute atomic E-state index is 0.180. The van der Waals surface area contributed by atoms with Crippen molar-refractivity contribution in [1.29, 1.82) is 0 Å². The number of thiophene rings is 1. The van der Waals surface area contributed by atoms with Crippen LogP contribution in [0.5, 0.6) is 0 Å². The van der Waals surface area contributed by atoms with Crippen LogP contribution < -0.4 is 10.6 Å². The summed E-state index contributed by atoms with van der Waals surface area (Å²) in [5, 5.41) is 11.0. The van der Waals surface area contributed by atoms with E-state index in [-0.39, 0.29) is 5.91 Å². The summed E-state index contributed by atoms with van der Waals surface area (Å²) >= 11 is 1.73. The molecule has 1 aromatic heterocycles. The van der Waals surface area contributed by atoms with Gasteiger partial charge in [-0.25, -0.2) is 0 Å². The van der Waals surface area contributed by atoms with Crippen molar-refractivity contribution < 1.29 is 4.79 Å². The fourth-order valence-corrected chi connectivity index (χ4v) is 3.63. The van der Waals surface area contributed by atoms with E-state index < -0.39 is 0 Å². The Balaban J connectivity index is 1.72.